The van der Waals surface area contributed by atoms with Gasteiger partial charge in [-0.1, -0.05) is 13.0 Å². The summed E-state index contributed by atoms with van der Waals surface area (Å²) in [5, 5.41) is 3.37. The summed E-state index contributed by atoms with van der Waals surface area (Å²) in [6.07, 6.45) is 2.93. The Morgan fingerprint density at radius 1 is 1.21 bits per heavy atom. The minimum absolute atomic E-state index is 0.146. The Balaban J connectivity index is 1.72. The summed E-state index contributed by atoms with van der Waals surface area (Å²) >= 11 is 4.87. The second-order valence-corrected chi connectivity index (χ2v) is 8.32. The van der Waals surface area contributed by atoms with Crippen molar-refractivity contribution >= 4 is 50.5 Å². The molecular weight excluding hydrogens is 452 g/mol. The molecular formula is C22H23BrN2O3S. The smallest absolute Gasteiger partial charge is 0.264 e. The van der Waals surface area contributed by atoms with Crippen molar-refractivity contribution in [3.63, 3.8) is 0 Å². The van der Waals surface area contributed by atoms with Gasteiger partial charge in [0.15, 0.2) is 5.17 Å². The largest absolute Gasteiger partial charge is 0.494 e. The molecule has 1 amide bonds. The van der Waals surface area contributed by atoms with E-state index in [0.29, 0.717) is 16.7 Å². The Labute approximate surface area is 183 Å². The molecule has 5 nitrogen and oxygen atoms in total. The highest BCUT2D eigenvalue weighted by Gasteiger charge is 2.24. The first-order chi connectivity index (χ1) is 14.0. The van der Waals surface area contributed by atoms with Crippen molar-refractivity contribution in [1.29, 1.82) is 0 Å². The van der Waals surface area contributed by atoms with E-state index < -0.39 is 0 Å². The standard InChI is InChI=1S/C22H23BrN2O3S/c1-4-14(3)28-19-11-6-15(12-18(19)23)13-20-21(26)25-22(29-20)24-16-7-9-17(10-8-16)27-5-2/h6-14H,4-5H2,1-3H3,(H,24,25,26)/b20-13+/t14-/m1/s1. The average molecular weight is 475 g/mol. The number of nitrogens with one attached hydrogen (secondary N) is 1. The SMILES string of the molecule is CCOc1ccc(N=C2NC(=O)/C(=C\c3ccc(O[C@H](C)CC)c(Br)c3)S2)cc1. The summed E-state index contributed by atoms with van der Waals surface area (Å²) in [5.74, 6) is 1.44. The number of nitrogens with zero attached hydrogens (tertiary/aromatic N) is 1. The quantitative estimate of drug-likeness (QED) is 0.506. The Hall–Kier alpha value is -2.25. The molecule has 1 aliphatic rings. The number of amides is 1. The maximum absolute atomic E-state index is 12.3. The minimum Gasteiger partial charge on any atom is -0.494 e. The fourth-order valence-corrected chi connectivity index (χ4v) is 3.87. The highest BCUT2D eigenvalue weighted by atomic mass is 79.9. The molecule has 2 aromatic rings. The number of amidine groups is 1. The van der Waals surface area contributed by atoms with Gasteiger partial charge in [-0.3, -0.25) is 4.79 Å². The normalized spacial score (nSPS) is 17.4. The Morgan fingerprint density at radius 2 is 1.97 bits per heavy atom. The van der Waals surface area contributed by atoms with Crippen LogP contribution in [0.5, 0.6) is 11.5 Å². The van der Waals surface area contributed by atoms with Gasteiger partial charge >= 0.3 is 0 Å². The highest BCUT2D eigenvalue weighted by molar-refractivity contribution is 9.10. The molecule has 1 atom stereocenters. The number of thioether (sulfide) groups is 1. The number of rotatable bonds is 7. The zero-order valence-electron chi connectivity index (χ0n) is 16.6. The summed E-state index contributed by atoms with van der Waals surface area (Å²) in [6, 6.07) is 13.2. The van der Waals surface area contributed by atoms with Gasteiger partial charge in [0.05, 0.1) is 27.8 Å². The third kappa shape index (κ3) is 5.87. The molecule has 1 saturated heterocycles. The fourth-order valence-electron chi connectivity index (χ4n) is 2.54. The average Bonchev–Trinajstić information content (AvgIpc) is 3.04. The lowest BCUT2D eigenvalue weighted by Crippen LogP contribution is -2.19. The van der Waals surface area contributed by atoms with Gasteiger partial charge < -0.3 is 14.8 Å². The number of ether oxygens (including phenoxy) is 2. The van der Waals surface area contributed by atoms with Gasteiger partial charge in [-0.25, -0.2) is 4.99 Å². The first-order valence-corrected chi connectivity index (χ1v) is 11.1. The summed E-state index contributed by atoms with van der Waals surface area (Å²) in [5.41, 5.74) is 1.67. The van der Waals surface area contributed by atoms with Gasteiger partial charge in [0, 0.05) is 0 Å². The lowest BCUT2D eigenvalue weighted by atomic mass is 10.2. The number of benzene rings is 2. The van der Waals surface area contributed by atoms with Gasteiger partial charge in [-0.05, 0) is 96.0 Å². The van der Waals surface area contributed by atoms with Crippen molar-refractivity contribution in [2.24, 2.45) is 4.99 Å². The van der Waals surface area contributed by atoms with Crippen LogP contribution in [0.2, 0.25) is 0 Å². The molecule has 0 unspecified atom stereocenters. The van der Waals surface area contributed by atoms with Crippen LogP contribution in [0.1, 0.15) is 32.8 Å². The lowest BCUT2D eigenvalue weighted by Gasteiger charge is -2.14. The molecule has 1 fully saturated rings. The fraction of sp³-hybridized carbons (Fsp3) is 0.273. The van der Waals surface area contributed by atoms with Crippen molar-refractivity contribution < 1.29 is 14.3 Å². The molecule has 0 spiro atoms. The molecule has 0 aliphatic carbocycles. The van der Waals surface area contributed by atoms with Crippen LogP contribution in [0.3, 0.4) is 0 Å². The third-order valence-corrected chi connectivity index (χ3v) is 5.72. The van der Waals surface area contributed by atoms with E-state index in [1.54, 1.807) is 0 Å². The van der Waals surface area contributed by atoms with E-state index in [-0.39, 0.29) is 12.0 Å². The molecule has 3 rings (SSSR count). The molecule has 0 saturated carbocycles. The first kappa shape index (κ1) is 21.5. The molecule has 7 heteroatoms. The molecule has 0 bridgehead atoms. The molecule has 0 aromatic heterocycles. The van der Waals surface area contributed by atoms with E-state index in [1.807, 2.05) is 62.4 Å². The van der Waals surface area contributed by atoms with Crippen LogP contribution in [0.4, 0.5) is 5.69 Å². The molecule has 1 N–H and O–H groups in total. The van der Waals surface area contributed by atoms with E-state index in [2.05, 4.69) is 33.2 Å². The number of hydrogen-bond donors (Lipinski definition) is 1. The molecule has 1 aliphatic heterocycles. The molecule has 2 aromatic carbocycles. The van der Waals surface area contributed by atoms with Crippen LogP contribution in [0.15, 0.2) is 56.8 Å². The topological polar surface area (TPSA) is 59.9 Å². The van der Waals surface area contributed by atoms with Crippen molar-refractivity contribution in [3.8, 4) is 11.5 Å². The molecule has 0 radical (unpaired) electrons. The number of aliphatic imine (C=N–C) groups is 1. The maximum Gasteiger partial charge on any atom is 0.264 e. The zero-order valence-corrected chi connectivity index (χ0v) is 19.0. The van der Waals surface area contributed by atoms with E-state index in [0.717, 1.165) is 33.6 Å². The van der Waals surface area contributed by atoms with E-state index in [4.69, 9.17) is 9.47 Å². The summed E-state index contributed by atoms with van der Waals surface area (Å²) < 4.78 is 12.2. The van der Waals surface area contributed by atoms with Crippen LogP contribution in [0, 0.1) is 0 Å². The monoisotopic (exact) mass is 474 g/mol. The van der Waals surface area contributed by atoms with Gasteiger partial charge in [-0.15, -0.1) is 0 Å². The Kier molecular flexibility index (Phi) is 7.39. The zero-order chi connectivity index (χ0) is 20.8. The van der Waals surface area contributed by atoms with E-state index in [9.17, 15) is 4.79 Å². The van der Waals surface area contributed by atoms with Gasteiger partial charge in [0.1, 0.15) is 11.5 Å². The van der Waals surface area contributed by atoms with Crippen molar-refractivity contribution in [2.75, 3.05) is 6.61 Å². The van der Waals surface area contributed by atoms with Gasteiger partial charge in [-0.2, -0.15) is 0 Å². The van der Waals surface area contributed by atoms with Crippen molar-refractivity contribution in [3.05, 3.63) is 57.4 Å². The second kappa shape index (κ2) is 9.98. The minimum atomic E-state index is -0.157. The molecule has 29 heavy (non-hydrogen) atoms. The predicted molar refractivity (Wildman–Crippen MR) is 123 cm³/mol. The van der Waals surface area contributed by atoms with Crippen LogP contribution in [-0.2, 0) is 4.79 Å². The van der Waals surface area contributed by atoms with E-state index >= 15 is 0 Å². The van der Waals surface area contributed by atoms with Crippen LogP contribution >= 0.6 is 27.7 Å². The Bertz CT molecular complexity index is 942. The Morgan fingerprint density at radius 3 is 2.62 bits per heavy atom. The van der Waals surface area contributed by atoms with Crippen molar-refractivity contribution in [1.82, 2.24) is 5.32 Å². The number of halogens is 1. The van der Waals surface area contributed by atoms with Crippen molar-refractivity contribution in [2.45, 2.75) is 33.3 Å². The van der Waals surface area contributed by atoms with E-state index in [1.165, 1.54) is 11.8 Å². The molecule has 1 heterocycles. The van der Waals surface area contributed by atoms with Crippen LogP contribution < -0.4 is 14.8 Å². The van der Waals surface area contributed by atoms with Crippen LogP contribution in [0.25, 0.3) is 6.08 Å². The summed E-state index contributed by atoms with van der Waals surface area (Å²) in [6.45, 7) is 6.68. The maximum atomic E-state index is 12.3. The molecule has 152 valence electrons. The van der Waals surface area contributed by atoms with Crippen LogP contribution in [-0.4, -0.2) is 23.8 Å². The summed E-state index contributed by atoms with van der Waals surface area (Å²) in [7, 11) is 0. The number of hydrogen-bond acceptors (Lipinski definition) is 5. The van der Waals surface area contributed by atoms with Gasteiger partial charge in [0.25, 0.3) is 5.91 Å². The van der Waals surface area contributed by atoms with Gasteiger partial charge in [0.2, 0.25) is 0 Å². The predicted octanol–water partition coefficient (Wildman–Crippen LogP) is 5.92. The second-order valence-electron chi connectivity index (χ2n) is 6.44. The third-order valence-electron chi connectivity index (χ3n) is 4.19. The first-order valence-electron chi connectivity index (χ1n) is 9.47. The number of carbonyl (C=O) groups excluding carboxylic acids is 1. The number of carbonyl (C=O) groups is 1. The summed E-state index contributed by atoms with van der Waals surface area (Å²) in [4.78, 5) is 17.4. The highest BCUT2D eigenvalue weighted by Crippen LogP contribution is 2.32. The lowest BCUT2D eigenvalue weighted by molar-refractivity contribution is -0.115.